The van der Waals surface area contributed by atoms with Gasteiger partial charge in [0, 0.05) is 0 Å². The SMILES string of the molecule is C=C(CCCCC)C(=O)[TeH]. The van der Waals surface area contributed by atoms with Crippen molar-refractivity contribution in [3.8, 4) is 0 Å². The van der Waals surface area contributed by atoms with E-state index in [2.05, 4.69) is 13.5 Å². The predicted octanol–water partition coefficient (Wildman–Crippen LogP) is 1.55. The van der Waals surface area contributed by atoms with Gasteiger partial charge >= 0.3 is 75.7 Å². The Labute approximate surface area is 75.8 Å². The van der Waals surface area contributed by atoms with Crippen LogP contribution in [0.1, 0.15) is 32.6 Å². The molecule has 0 aliphatic heterocycles. The third-order valence-corrected chi connectivity index (χ3v) is 2.29. The molecule has 0 aliphatic rings. The van der Waals surface area contributed by atoms with Gasteiger partial charge in [0.25, 0.3) is 0 Å². The number of hydrogen-bond acceptors (Lipinski definition) is 1. The first-order valence-corrected chi connectivity index (χ1v) is 4.87. The van der Waals surface area contributed by atoms with Crippen LogP contribution < -0.4 is 0 Å². The fraction of sp³-hybridized carbons (Fsp3) is 0.625. The van der Waals surface area contributed by atoms with Gasteiger partial charge in [-0.1, -0.05) is 0 Å². The second kappa shape index (κ2) is 5.95. The average molecular weight is 254 g/mol. The molecule has 0 fully saturated rings. The second-order valence-corrected chi connectivity index (χ2v) is 3.53. The molecule has 0 spiro atoms. The molecule has 0 saturated carbocycles. The van der Waals surface area contributed by atoms with E-state index in [-0.39, 0.29) is 3.83 Å². The van der Waals surface area contributed by atoms with Gasteiger partial charge in [-0.2, -0.15) is 0 Å². The maximum atomic E-state index is 10.7. The van der Waals surface area contributed by atoms with E-state index in [1.54, 1.807) is 0 Å². The van der Waals surface area contributed by atoms with Crippen molar-refractivity contribution in [1.82, 2.24) is 0 Å². The van der Waals surface area contributed by atoms with E-state index in [0.717, 1.165) is 18.4 Å². The molecule has 0 atom stereocenters. The number of hydrogen-bond donors (Lipinski definition) is 0. The first-order chi connectivity index (χ1) is 4.68. The molecule has 1 nitrogen and oxygen atoms in total. The van der Waals surface area contributed by atoms with Crippen LogP contribution in [0.2, 0.25) is 0 Å². The Morgan fingerprint density at radius 3 is 2.50 bits per heavy atom. The Kier molecular flexibility index (Phi) is 6.06. The van der Waals surface area contributed by atoms with Crippen LogP contribution in [0.5, 0.6) is 0 Å². The summed E-state index contributed by atoms with van der Waals surface area (Å²) in [4.78, 5) is 10.7. The predicted molar refractivity (Wildman–Crippen MR) is 45.4 cm³/mol. The number of unbranched alkanes of at least 4 members (excludes halogenated alkanes) is 2. The minimum atomic E-state index is 0.185. The van der Waals surface area contributed by atoms with Gasteiger partial charge in [-0.3, -0.25) is 0 Å². The van der Waals surface area contributed by atoms with E-state index in [0.29, 0.717) is 0 Å². The van der Waals surface area contributed by atoms with Crippen molar-refractivity contribution >= 4 is 26.1 Å². The molecular weight excluding hydrogens is 240 g/mol. The van der Waals surface area contributed by atoms with Gasteiger partial charge in [-0.25, -0.2) is 0 Å². The van der Waals surface area contributed by atoms with Crippen LogP contribution >= 0.6 is 0 Å². The summed E-state index contributed by atoms with van der Waals surface area (Å²) in [6.45, 7) is 5.84. The van der Waals surface area contributed by atoms with Crippen molar-refractivity contribution in [2.45, 2.75) is 32.6 Å². The van der Waals surface area contributed by atoms with E-state index >= 15 is 0 Å². The van der Waals surface area contributed by atoms with Gasteiger partial charge in [0.05, 0.1) is 0 Å². The van der Waals surface area contributed by atoms with Crippen molar-refractivity contribution in [2.24, 2.45) is 0 Å². The summed E-state index contributed by atoms with van der Waals surface area (Å²) in [5.74, 6) is 0. The molecule has 0 aromatic rings. The molecule has 0 heterocycles. The van der Waals surface area contributed by atoms with E-state index in [4.69, 9.17) is 0 Å². The van der Waals surface area contributed by atoms with Crippen molar-refractivity contribution in [3.05, 3.63) is 12.2 Å². The van der Waals surface area contributed by atoms with Crippen LogP contribution in [-0.2, 0) is 4.79 Å². The van der Waals surface area contributed by atoms with Crippen molar-refractivity contribution < 1.29 is 4.79 Å². The molecule has 0 bridgehead atoms. The van der Waals surface area contributed by atoms with E-state index in [1.165, 1.54) is 35.1 Å². The molecule has 10 heavy (non-hydrogen) atoms. The second-order valence-electron chi connectivity index (χ2n) is 2.37. The van der Waals surface area contributed by atoms with Crippen molar-refractivity contribution in [1.29, 1.82) is 0 Å². The molecule has 0 aliphatic carbocycles. The van der Waals surface area contributed by atoms with Gasteiger partial charge < -0.3 is 0 Å². The minimum absolute atomic E-state index is 0.185. The fourth-order valence-corrected chi connectivity index (χ4v) is 1.01. The third-order valence-electron chi connectivity index (χ3n) is 1.38. The Morgan fingerprint density at radius 2 is 2.10 bits per heavy atom. The average Bonchev–Trinajstić information content (AvgIpc) is 1.88. The van der Waals surface area contributed by atoms with Crippen LogP contribution in [0.3, 0.4) is 0 Å². The van der Waals surface area contributed by atoms with Crippen LogP contribution in [0, 0.1) is 0 Å². The monoisotopic (exact) mass is 256 g/mol. The van der Waals surface area contributed by atoms with Crippen LogP contribution in [0.4, 0.5) is 0 Å². The molecule has 0 saturated heterocycles. The molecule has 0 radical (unpaired) electrons. The van der Waals surface area contributed by atoms with Crippen LogP contribution in [0.15, 0.2) is 12.2 Å². The molecule has 2 heteroatoms. The summed E-state index contributed by atoms with van der Waals surface area (Å²) >= 11 is 1.24. The molecular formula is C8H14OTe. The van der Waals surface area contributed by atoms with Crippen molar-refractivity contribution in [3.63, 3.8) is 0 Å². The molecule has 0 N–H and O–H groups in total. The fourth-order valence-electron chi connectivity index (χ4n) is 0.695. The summed E-state index contributed by atoms with van der Waals surface area (Å²) in [7, 11) is 0. The van der Waals surface area contributed by atoms with E-state index in [1.807, 2.05) is 0 Å². The Morgan fingerprint density at radius 1 is 1.50 bits per heavy atom. The summed E-state index contributed by atoms with van der Waals surface area (Å²) in [5.41, 5.74) is 0.794. The van der Waals surface area contributed by atoms with Crippen molar-refractivity contribution in [2.75, 3.05) is 0 Å². The molecule has 58 valence electrons. The Bertz CT molecular complexity index is 129. The third kappa shape index (κ3) is 5.02. The zero-order valence-corrected chi connectivity index (χ0v) is 8.94. The number of carbonyl (C=O) groups is 1. The van der Waals surface area contributed by atoms with Gasteiger partial charge in [0.2, 0.25) is 0 Å². The van der Waals surface area contributed by atoms with Crippen LogP contribution in [0.25, 0.3) is 0 Å². The topological polar surface area (TPSA) is 17.1 Å². The normalized spacial score (nSPS) is 9.40. The van der Waals surface area contributed by atoms with Gasteiger partial charge in [-0.15, -0.1) is 0 Å². The standard InChI is InChI=1S/C8H14OTe/c1-3-4-5-6-7(2)8(9)10/h2-6H2,1H3,(H,9,10). The quantitative estimate of drug-likeness (QED) is 0.413. The van der Waals surface area contributed by atoms with Gasteiger partial charge in [0.1, 0.15) is 0 Å². The first kappa shape index (κ1) is 10.2. The Balaban J connectivity index is 3.31. The zero-order valence-electron chi connectivity index (χ0n) is 6.39. The molecule has 0 rings (SSSR count). The van der Waals surface area contributed by atoms with E-state index < -0.39 is 0 Å². The van der Waals surface area contributed by atoms with Gasteiger partial charge in [0.15, 0.2) is 0 Å². The summed E-state index contributed by atoms with van der Waals surface area (Å²) in [6, 6.07) is 0. The summed E-state index contributed by atoms with van der Waals surface area (Å²) in [5, 5.41) is 0. The molecule has 0 aromatic heterocycles. The summed E-state index contributed by atoms with van der Waals surface area (Å²) < 4.78 is 0.185. The van der Waals surface area contributed by atoms with Gasteiger partial charge in [-0.05, 0) is 0 Å². The maximum absolute atomic E-state index is 10.7. The Hall–Kier alpha value is 0.200. The number of rotatable bonds is 5. The number of carbonyl (C=O) groups excluding carboxylic acids is 1. The summed E-state index contributed by atoms with van der Waals surface area (Å²) in [6.07, 6.45) is 4.41. The zero-order chi connectivity index (χ0) is 7.98. The molecule has 0 aromatic carbocycles. The van der Waals surface area contributed by atoms with Crippen LogP contribution in [-0.4, -0.2) is 26.1 Å². The van der Waals surface area contributed by atoms with E-state index in [9.17, 15) is 4.79 Å². The molecule has 0 unspecified atom stereocenters. The number of allylic oxidation sites excluding steroid dienone is 1. The first-order valence-electron chi connectivity index (χ1n) is 3.59. The molecule has 0 amide bonds.